The first kappa shape index (κ1) is 9.61. The fourth-order valence-corrected chi connectivity index (χ4v) is 2.61. The first-order valence-electron chi connectivity index (χ1n) is 5.68. The van der Waals surface area contributed by atoms with Gasteiger partial charge in [-0.05, 0) is 28.7 Å². The Morgan fingerprint density at radius 1 is 0.938 bits per heavy atom. The Bertz CT molecular complexity index is 488. The molecule has 80 valence electrons. The highest BCUT2D eigenvalue weighted by molar-refractivity contribution is 5.60. The maximum absolute atomic E-state index is 9.08. The van der Waals surface area contributed by atoms with Crippen LogP contribution in [0.15, 0.2) is 70.9 Å². The molecule has 1 N–H and O–H groups in total. The molecule has 0 aromatic rings. The summed E-state index contributed by atoms with van der Waals surface area (Å²) in [4.78, 5) is 0. The molecule has 0 aliphatic heterocycles. The lowest BCUT2D eigenvalue weighted by molar-refractivity contribution is 0.300. The third-order valence-corrected chi connectivity index (χ3v) is 3.35. The van der Waals surface area contributed by atoms with Gasteiger partial charge in [0.15, 0.2) is 0 Å². The second-order valence-electron chi connectivity index (χ2n) is 4.27. The molecular weight excluding hydrogens is 196 g/mol. The van der Waals surface area contributed by atoms with E-state index in [-0.39, 0.29) is 6.61 Å². The van der Waals surface area contributed by atoms with Gasteiger partial charge < -0.3 is 5.11 Å². The van der Waals surface area contributed by atoms with Crippen LogP contribution in [0.2, 0.25) is 0 Å². The molecule has 0 aromatic heterocycles. The Morgan fingerprint density at radius 2 is 1.69 bits per heavy atom. The van der Waals surface area contributed by atoms with Crippen LogP contribution in [0.5, 0.6) is 0 Å². The molecule has 16 heavy (non-hydrogen) atoms. The predicted molar refractivity (Wildman–Crippen MR) is 65.8 cm³/mol. The summed E-state index contributed by atoms with van der Waals surface area (Å²) in [5, 5.41) is 9.08. The maximum atomic E-state index is 9.08. The van der Waals surface area contributed by atoms with E-state index in [2.05, 4.69) is 48.6 Å². The molecule has 3 aliphatic carbocycles. The van der Waals surface area contributed by atoms with Crippen molar-refractivity contribution in [1.82, 2.24) is 0 Å². The van der Waals surface area contributed by atoms with Crippen molar-refractivity contribution in [3.05, 3.63) is 70.9 Å². The summed E-state index contributed by atoms with van der Waals surface area (Å²) in [5.41, 5.74) is 5.33. The van der Waals surface area contributed by atoms with Crippen LogP contribution in [-0.4, -0.2) is 11.7 Å². The smallest absolute Gasteiger partial charge is 0.0471 e. The molecule has 0 bridgehead atoms. The Hall–Kier alpha value is -1.60. The minimum atomic E-state index is 0.220. The summed E-state index contributed by atoms with van der Waals surface area (Å²) in [6.45, 7) is 0.220. The lowest BCUT2D eigenvalue weighted by atomic mass is 9.73. The van der Waals surface area contributed by atoms with Gasteiger partial charge in [-0.3, -0.25) is 0 Å². The van der Waals surface area contributed by atoms with Crippen molar-refractivity contribution >= 4 is 0 Å². The Balaban J connectivity index is 2.12. The highest BCUT2D eigenvalue weighted by Crippen LogP contribution is 2.41. The van der Waals surface area contributed by atoms with Crippen molar-refractivity contribution in [3.8, 4) is 0 Å². The second-order valence-corrected chi connectivity index (χ2v) is 4.27. The molecule has 0 saturated carbocycles. The average Bonchev–Trinajstić information content (AvgIpc) is 2.33. The van der Waals surface area contributed by atoms with Gasteiger partial charge in [-0.1, -0.05) is 48.6 Å². The van der Waals surface area contributed by atoms with E-state index in [0.29, 0.717) is 5.92 Å². The van der Waals surface area contributed by atoms with Gasteiger partial charge in [0.1, 0.15) is 0 Å². The van der Waals surface area contributed by atoms with Crippen LogP contribution in [0.4, 0.5) is 0 Å². The largest absolute Gasteiger partial charge is 0.396 e. The summed E-state index contributed by atoms with van der Waals surface area (Å²) in [6.07, 6.45) is 18.0. The van der Waals surface area contributed by atoms with Crippen molar-refractivity contribution in [1.29, 1.82) is 0 Å². The minimum Gasteiger partial charge on any atom is -0.396 e. The third-order valence-electron chi connectivity index (χ3n) is 3.35. The Kier molecular flexibility index (Phi) is 2.26. The van der Waals surface area contributed by atoms with Gasteiger partial charge in [-0.15, -0.1) is 0 Å². The van der Waals surface area contributed by atoms with Crippen LogP contribution in [0.3, 0.4) is 0 Å². The zero-order chi connectivity index (χ0) is 11.0. The molecule has 3 aliphatic rings. The van der Waals surface area contributed by atoms with Gasteiger partial charge in [0.25, 0.3) is 0 Å². The normalized spacial score (nSPS) is 25.4. The van der Waals surface area contributed by atoms with E-state index in [4.69, 9.17) is 5.11 Å². The maximum Gasteiger partial charge on any atom is 0.0471 e. The van der Waals surface area contributed by atoms with Crippen LogP contribution in [0.1, 0.15) is 6.42 Å². The molecule has 0 fully saturated rings. The van der Waals surface area contributed by atoms with Gasteiger partial charge in [0.05, 0.1) is 0 Å². The topological polar surface area (TPSA) is 20.2 Å². The van der Waals surface area contributed by atoms with E-state index in [0.717, 1.165) is 6.42 Å². The number of aliphatic hydroxyl groups is 1. The molecule has 0 aromatic carbocycles. The van der Waals surface area contributed by atoms with E-state index in [9.17, 15) is 0 Å². The molecular formula is C15H14O. The zero-order valence-corrected chi connectivity index (χ0v) is 9.06. The second kappa shape index (κ2) is 3.76. The zero-order valence-electron chi connectivity index (χ0n) is 9.06. The molecule has 0 saturated heterocycles. The molecule has 1 atom stereocenters. The van der Waals surface area contributed by atoms with Crippen LogP contribution in [-0.2, 0) is 0 Å². The number of rotatable bonds is 2. The summed E-state index contributed by atoms with van der Waals surface area (Å²) < 4.78 is 0. The molecule has 3 rings (SSSR count). The summed E-state index contributed by atoms with van der Waals surface area (Å²) >= 11 is 0. The van der Waals surface area contributed by atoms with E-state index in [1.165, 1.54) is 22.3 Å². The van der Waals surface area contributed by atoms with Crippen LogP contribution in [0.25, 0.3) is 0 Å². The standard InChI is InChI=1S/C15H14O/c16-10-9-11-7-8-13-4-1-3-12-5-2-6-14(11)15(12)13/h1-8,15-16H,9-10H2. The van der Waals surface area contributed by atoms with Crippen molar-refractivity contribution in [3.63, 3.8) is 0 Å². The monoisotopic (exact) mass is 210 g/mol. The number of allylic oxidation sites excluding steroid dienone is 11. The first-order valence-corrected chi connectivity index (χ1v) is 5.68. The average molecular weight is 210 g/mol. The van der Waals surface area contributed by atoms with Gasteiger partial charge >= 0.3 is 0 Å². The lowest BCUT2D eigenvalue weighted by Crippen LogP contribution is -2.17. The number of hydrogen-bond donors (Lipinski definition) is 1. The summed E-state index contributed by atoms with van der Waals surface area (Å²) in [6, 6.07) is 0. The quantitative estimate of drug-likeness (QED) is 0.743. The lowest BCUT2D eigenvalue weighted by Gasteiger charge is -2.30. The predicted octanol–water partition coefficient (Wildman–Crippen LogP) is 2.84. The third kappa shape index (κ3) is 1.36. The Morgan fingerprint density at radius 3 is 2.50 bits per heavy atom. The number of aliphatic hydroxyl groups excluding tert-OH is 1. The summed E-state index contributed by atoms with van der Waals surface area (Å²) in [5.74, 6) is 0.404. The minimum absolute atomic E-state index is 0.220. The highest BCUT2D eigenvalue weighted by atomic mass is 16.2. The van der Waals surface area contributed by atoms with E-state index < -0.39 is 0 Å². The summed E-state index contributed by atoms with van der Waals surface area (Å²) in [7, 11) is 0. The molecule has 1 unspecified atom stereocenters. The fraction of sp³-hybridized carbons (Fsp3) is 0.200. The van der Waals surface area contributed by atoms with Crippen molar-refractivity contribution in [2.24, 2.45) is 5.92 Å². The van der Waals surface area contributed by atoms with Gasteiger partial charge in [0.2, 0.25) is 0 Å². The van der Waals surface area contributed by atoms with Crippen molar-refractivity contribution < 1.29 is 5.11 Å². The van der Waals surface area contributed by atoms with Crippen molar-refractivity contribution in [2.75, 3.05) is 6.61 Å². The molecule has 0 spiro atoms. The highest BCUT2D eigenvalue weighted by Gasteiger charge is 2.26. The molecule has 1 nitrogen and oxygen atoms in total. The number of hydrogen-bond acceptors (Lipinski definition) is 1. The fourth-order valence-electron chi connectivity index (χ4n) is 2.61. The van der Waals surface area contributed by atoms with Crippen LogP contribution < -0.4 is 0 Å². The van der Waals surface area contributed by atoms with Crippen LogP contribution >= 0.6 is 0 Å². The SMILES string of the molecule is OCCC1=C2C=CC=C3C=CC=C(C=C1)C32. The molecule has 0 amide bonds. The van der Waals surface area contributed by atoms with Crippen molar-refractivity contribution in [2.45, 2.75) is 6.42 Å². The molecule has 0 radical (unpaired) electrons. The van der Waals surface area contributed by atoms with Gasteiger partial charge in [-0.25, -0.2) is 0 Å². The molecule has 0 heterocycles. The van der Waals surface area contributed by atoms with E-state index >= 15 is 0 Å². The van der Waals surface area contributed by atoms with Gasteiger partial charge in [0, 0.05) is 12.5 Å². The Labute approximate surface area is 95.5 Å². The first-order chi connectivity index (χ1) is 7.90. The van der Waals surface area contributed by atoms with Crippen LogP contribution in [0, 0.1) is 5.92 Å². The van der Waals surface area contributed by atoms with Gasteiger partial charge in [-0.2, -0.15) is 0 Å². The van der Waals surface area contributed by atoms with E-state index in [1.807, 2.05) is 0 Å². The van der Waals surface area contributed by atoms with E-state index in [1.54, 1.807) is 0 Å². The molecule has 1 heteroatoms.